The Bertz CT molecular complexity index is 723. The van der Waals surface area contributed by atoms with Crippen molar-refractivity contribution in [2.24, 2.45) is 5.73 Å². The molecule has 0 aliphatic rings. The Morgan fingerprint density at radius 3 is 2.57 bits per heavy atom. The molecule has 0 unspecified atom stereocenters. The number of aromatic nitrogens is 2. The number of fused-ring (bicyclic) bond motifs is 1. The van der Waals surface area contributed by atoms with Crippen LogP contribution < -0.4 is 5.73 Å². The van der Waals surface area contributed by atoms with Crippen molar-refractivity contribution < 1.29 is 0 Å². The largest absolute Gasteiger partial charge is 0.330 e. The first-order valence-electron chi connectivity index (χ1n) is 6.71. The molecule has 110 valence electrons. The molecule has 3 aromatic rings. The molecule has 0 spiro atoms. The van der Waals surface area contributed by atoms with Crippen LogP contribution in [0.3, 0.4) is 0 Å². The van der Waals surface area contributed by atoms with E-state index in [2.05, 4.69) is 12.1 Å². The van der Waals surface area contributed by atoms with Gasteiger partial charge in [-0.15, -0.1) is 12.4 Å². The second-order valence-corrected chi connectivity index (χ2v) is 5.18. The van der Waals surface area contributed by atoms with E-state index in [9.17, 15) is 0 Å². The average molecular weight is 322 g/mol. The van der Waals surface area contributed by atoms with E-state index < -0.39 is 0 Å². The third-order valence-electron chi connectivity index (χ3n) is 3.33. The Kier molecular flexibility index (Phi) is 5.23. The minimum atomic E-state index is 0. The third kappa shape index (κ3) is 3.21. The van der Waals surface area contributed by atoms with Crippen LogP contribution in [0.15, 0.2) is 48.5 Å². The first kappa shape index (κ1) is 15.8. The molecule has 3 nitrogen and oxygen atoms in total. The Balaban J connectivity index is 0.00000161. The van der Waals surface area contributed by atoms with Crippen LogP contribution >= 0.6 is 24.0 Å². The maximum atomic E-state index is 6.13. The lowest BCUT2D eigenvalue weighted by atomic mass is 10.1. The number of aryl methyl sites for hydroxylation is 1. The van der Waals surface area contributed by atoms with Crippen LogP contribution in [0.4, 0.5) is 0 Å². The highest BCUT2D eigenvalue weighted by Gasteiger charge is 2.12. The second kappa shape index (κ2) is 6.94. The Hall–Kier alpha value is -1.55. The zero-order valence-corrected chi connectivity index (χ0v) is 13.1. The molecule has 3 rings (SSSR count). The summed E-state index contributed by atoms with van der Waals surface area (Å²) < 4.78 is 2.01. The highest BCUT2D eigenvalue weighted by molar-refractivity contribution is 6.31. The first-order chi connectivity index (χ1) is 9.79. The maximum Gasteiger partial charge on any atom is 0.100 e. The lowest BCUT2D eigenvalue weighted by Crippen LogP contribution is -2.06. The predicted molar refractivity (Wildman–Crippen MR) is 91.1 cm³/mol. The molecule has 1 aromatic heterocycles. The molecule has 5 heteroatoms. The fraction of sp³-hybridized carbons (Fsp3) is 0.188. The summed E-state index contributed by atoms with van der Waals surface area (Å²) >= 11 is 6.13. The molecule has 0 atom stereocenters. The highest BCUT2D eigenvalue weighted by atomic mass is 35.5. The minimum absolute atomic E-state index is 0. The van der Waals surface area contributed by atoms with Crippen molar-refractivity contribution in [3.8, 4) is 11.3 Å². The Morgan fingerprint density at radius 1 is 1.10 bits per heavy atom. The van der Waals surface area contributed by atoms with Gasteiger partial charge >= 0.3 is 0 Å². The second-order valence-electron chi connectivity index (χ2n) is 4.74. The molecule has 0 bridgehead atoms. The van der Waals surface area contributed by atoms with Crippen molar-refractivity contribution in [3.63, 3.8) is 0 Å². The molecule has 1 heterocycles. The average Bonchev–Trinajstić information content (AvgIpc) is 2.84. The van der Waals surface area contributed by atoms with Gasteiger partial charge in [-0.3, -0.25) is 4.68 Å². The molecular formula is C16H17Cl2N3. The molecule has 2 aromatic carbocycles. The summed E-state index contributed by atoms with van der Waals surface area (Å²) in [5.41, 5.74) is 8.77. The van der Waals surface area contributed by atoms with Crippen LogP contribution in [0.5, 0.6) is 0 Å². The fourth-order valence-corrected chi connectivity index (χ4v) is 2.54. The summed E-state index contributed by atoms with van der Waals surface area (Å²) in [5, 5.41) is 6.55. The quantitative estimate of drug-likeness (QED) is 0.785. The standard InChI is InChI=1S/C16H16ClN3.ClH/c17-13-7-8-15-14(11-13)16(12-5-2-1-3-6-12)19-20(15)10-4-9-18;/h1-3,5-8,11H,4,9-10,18H2;1H. The lowest BCUT2D eigenvalue weighted by Gasteiger charge is -2.01. The molecule has 0 aliphatic carbocycles. The highest BCUT2D eigenvalue weighted by Crippen LogP contribution is 2.30. The van der Waals surface area contributed by atoms with Gasteiger partial charge in [-0.25, -0.2) is 0 Å². The number of halogens is 2. The van der Waals surface area contributed by atoms with Gasteiger partial charge in [0.05, 0.1) is 5.52 Å². The van der Waals surface area contributed by atoms with Crippen LogP contribution in [0.2, 0.25) is 5.02 Å². The summed E-state index contributed by atoms with van der Waals surface area (Å²) in [6.07, 6.45) is 0.910. The summed E-state index contributed by atoms with van der Waals surface area (Å²) in [6.45, 7) is 1.48. The smallest absolute Gasteiger partial charge is 0.100 e. The molecule has 21 heavy (non-hydrogen) atoms. The van der Waals surface area contributed by atoms with Gasteiger partial charge in [0, 0.05) is 22.5 Å². The zero-order valence-electron chi connectivity index (χ0n) is 11.5. The normalized spacial score (nSPS) is 10.6. The topological polar surface area (TPSA) is 43.8 Å². The predicted octanol–water partition coefficient (Wildman–Crippen LogP) is 4.13. The van der Waals surface area contributed by atoms with Gasteiger partial charge in [0.2, 0.25) is 0 Å². The minimum Gasteiger partial charge on any atom is -0.330 e. The van der Waals surface area contributed by atoms with E-state index in [0.717, 1.165) is 40.1 Å². The maximum absolute atomic E-state index is 6.13. The van der Waals surface area contributed by atoms with E-state index in [1.54, 1.807) is 0 Å². The van der Waals surface area contributed by atoms with E-state index in [0.29, 0.717) is 6.54 Å². The van der Waals surface area contributed by atoms with Crippen LogP contribution in [-0.2, 0) is 6.54 Å². The van der Waals surface area contributed by atoms with E-state index in [-0.39, 0.29) is 12.4 Å². The number of nitrogens with zero attached hydrogens (tertiary/aromatic N) is 2. The van der Waals surface area contributed by atoms with Gasteiger partial charge < -0.3 is 5.73 Å². The van der Waals surface area contributed by atoms with E-state index in [4.69, 9.17) is 22.4 Å². The van der Waals surface area contributed by atoms with Crippen molar-refractivity contribution >= 4 is 34.9 Å². The molecule has 0 radical (unpaired) electrons. The fourth-order valence-electron chi connectivity index (χ4n) is 2.37. The van der Waals surface area contributed by atoms with Gasteiger partial charge in [0.25, 0.3) is 0 Å². The SMILES string of the molecule is Cl.NCCCn1nc(-c2ccccc2)c2cc(Cl)ccc21. The number of rotatable bonds is 4. The van der Waals surface area contributed by atoms with Crippen LogP contribution in [0.1, 0.15) is 6.42 Å². The van der Waals surface area contributed by atoms with Crippen molar-refractivity contribution in [1.29, 1.82) is 0 Å². The number of nitrogens with two attached hydrogens (primary N) is 1. The number of hydrogen-bond acceptors (Lipinski definition) is 2. The van der Waals surface area contributed by atoms with E-state index >= 15 is 0 Å². The third-order valence-corrected chi connectivity index (χ3v) is 3.57. The van der Waals surface area contributed by atoms with Crippen LogP contribution in [-0.4, -0.2) is 16.3 Å². The molecule has 0 saturated heterocycles. The van der Waals surface area contributed by atoms with Crippen LogP contribution in [0.25, 0.3) is 22.2 Å². The lowest BCUT2D eigenvalue weighted by molar-refractivity contribution is 0.604. The summed E-state index contributed by atoms with van der Waals surface area (Å²) in [6, 6.07) is 16.1. The van der Waals surface area contributed by atoms with Gasteiger partial charge in [0.15, 0.2) is 0 Å². The van der Waals surface area contributed by atoms with Crippen molar-refractivity contribution in [3.05, 3.63) is 53.6 Å². The molecule has 2 N–H and O–H groups in total. The van der Waals surface area contributed by atoms with Crippen molar-refractivity contribution in [2.75, 3.05) is 6.54 Å². The van der Waals surface area contributed by atoms with Gasteiger partial charge in [-0.2, -0.15) is 5.10 Å². The summed E-state index contributed by atoms with van der Waals surface area (Å²) in [7, 11) is 0. The molecule has 0 saturated carbocycles. The summed E-state index contributed by atoms with van der Waals surface area (Å²) in [4.78, 5) is 0. The van der Waals surface area contributed by atoms with Crippen molar-refractivity contribution in [1.82, 2.24) is 9.78 Å². The number of benzene rings is 2. The van der Waals surface area contributed by atoms with E-state index in [1.165, 1.54) is 0 Å². The Labute approximate surface area is 135 Å². The van der Waals surface area contributed by atoms with Gasteiger partial charge in [-0.1, -0.05) is 41.9 Å². The van der Waals surface area contributed by atoms with E-state index in [1.807, 2.05) is 41.1 Å². The molecular weight excluding hydrogens is 305 g/mol. The monoisotopic (exact) mass is 321 g/mol. The first-order valence-corrected chi connectivity index (χ1v) is 7.09. The van der Waals surface area contributed by atoms with Crippen molar-refractivity contribution in [2.45, 2.75) is 13.0 Å². The van der Waals surface area contributed by atoms with Gasteiger partial charge in [0.1, 0.15) is 5.69 Å². The van der Waals surface area contributed by atoms with Gasteiger partial charge in [-0.05, 0) is 31.2 Å². The number of hydrogen-bond donors (Lipinski definition) is 1. The van der Waals surface area contributed by atoms with Crippen LogP contribution in [0, 0.1) is 0 Å². The zero-order chi connectivity index (χ0) is 13.9. The molecule has 0 fully saturated rings. The molecule has 0 amide bonds. The summed E-state index contributed by atoms with van der Waals surface area (Å²) in [5.74, 6) is 0. The molecule has 0 aliphatic heterocycles. The Morgan fingerprint density at radius 2 is 1.86 bits per heavy atom.